The maximum Gasteiger partial charge on any atom is 0.239 e. The number of carbonyl (C=O) groups is 1. The van der Waals surface area contributed by atoms with E-state index < -0.39 is 0 Å². The van der Waals surface area contributed by atoms with E-state index in [1.54, 1.807) is 0 Å². The highest BCUT2D eigenvalue weighted by Gasteiger charge is 2.33. The summed E-state index contributed by atoms with van der Waals surface area (Å²) in [6, 6.07) is 6.80. The van der Waals surface area contributed by atoms with Crippen molar-refractivity contribution < 1.29 is 9.18 Å². The Hall–Kier alpha value is -1.46. The van der Waals surface area contributed by atoms with Crippen LogP contribution in [0.4, 0.5) is 4.39 Å². The molecule has 5 heteroatoms. The van der Waals surface area contributed by atoms with Gasteiger partial charge in [-0.05, 0) is 49.9 Å². The molecule has 0 aliphatic carbocycles. The van der Waals surface area contributed by atoms with Crippen molar-refractivity contribution in [1.29, 1.82) is 0 Å². The zero-order chi connectivity index (χ0) is 16.2. The van der Waals surface area contributed by atoms with Crippen LogP contribution >= 0.6 is 0 Å². The molecule has 4 nitrogen and oxygen atoms in total. The van der Waals surface area contributed by atoms with Gasteiger partial charge in [-0.25, -0.2) is 4.39 Å². The third-order valence-electron chi connectivity index (χ3n) is 5.05. The molecule has 0 spiro atoms. The minimum Gasteiger partial charge on any atom is -0.341 e. The molecule has 2 aliphatic rings. The van der Waals surface area contributed by atoms with Crippen molar-refractivity contribution in [2.24, 2.45) is 5.73 Å². The molecule has 2 saturated heterocycles. The summed E-state index contributed by atoms with van der Waals surface area (Å²) in [7, 11) is 0. The molecule has 0 unspecified atom stereocenters. The third kappa shape index (κ3) is 4.09. The van der Waals surface area contributed by atoms with E-state index in [9.17, 15) is 9.18 Å². The van der Waals surface area contributed by atoms with E-state index in [-0.39, 0.29) is 23.8 Å². The van der Waals surface area contributed by atoms with Gasteiger partial charge in [-0.1, -0.05) is 18.6 Å². The first kappa shape index (κ1) is 16.4. The van der Waals surface area contributed by atoms with Gasteiger partial charge in [0.25, 0.3) is 0 Å². The van der Waals surface area contributed by atoms with Crippen LogP contribution in [0.5, 0.6) is 0 Å². The van der Waals surface area contributed by atoms with Gasteiger partial charge in [0.2, 0.25) is 5.91 Å². The van der Waals surface area contributed by atoms with Gasteiger partial charge in [-0.3, -0.25) is 9.69 Å². The van der Waals surface area contributed by atoms with Crippen molar-refractivity contribution in [2.45, 2.75) is 50.7 Å². The van der Waals surface area contributed by atoms with Gasteiger partial charge in [0.1, 0.15) is 5.82 Å². The van der Waals surface area contributed by atoms with Crippen molar-refractivity contribution in [1.82, 2.24) is 9.80 Å². The van der Waals surface area contributed by atoms with Gasteiger partial charge in [-0.2, -0.15) is 0 Å². The maximum absolute atomic E-state index is 13.1. The molecular weight excluding hydrogens is 293 g/mol. The standard InChI is InChI=1S/C18H26FN3O/c19-15-6-4-14(5-7-15)13-22-10-2-1-3-17(22)18(23)21-11-8-16(20)9-12-21/h4-7,16-17H,1-3,8-13,20H2/t17-/m1/s1. The van der Waals surface area contributed by atoms with Crippen LogP contribution in [-0.4, -0.2) is 47.4 Å². The number of hydrogen-bond donors (Lipinski definition) is 1. The van der Waals surface area contributed by atoms with Gasteiger partial charge in [0, 0.05) is 25.7 Å². The van der Waals surface area contributed by atoms with Gasteiger partial charge in [0.05, 0.1) is 6.04 Å². The predicted molar refractivity (Wildman–Crippen MR) is 88.2 cm³/mol. The van der Waals surface area contributed by atoms with E-state index in [1.807, 2.05) is 17.0 Å². The average molecular weight is 319 g/mol. The first-order chi connectivity index (χ1) is 11.1. The second kappa shape index (κ2) is 7.41. The fourth-order valence-electron chi connectivity index (χ4n) is 3.61. The number of piperidine rings is 2. The summed E-state index contributed by atoms with van der Waals surface area (Å²) in [4.78, 5) is 17.1. The van der Waals surface area contributed by atoms with Crippen molar-refractivity contribution in [3.63, 3.8) is 0 Å². The third-order valence-corrected chi connectivity index (χ3v) is 5.05. The van der Waals surface area contributed by atoms with E-state index in [2.05, 4.69) is 4.90 Å². The molecule has 1 amide bonds. The molecule has 126 valence electrons. The molecule has 2 heterocycles. The molecule has 3 rings (SSSR count). The van der Waals surface area contributed by atoms with Crippen LogP contribution in [0.3, 0.4) is 0 Å². The van der Waals surface area contributed by atoms with Crippen LogP contribution in [0.25, 0.3) is 0 Å². The summed E-state index contributed by atoms with van der Waals surface area (Å²) in [6.07, 6.45) is 4.94. The fraction of sp³-hybridized carbons (Fsp3) is 0.611. The van der Waals surface area contributed by atoms with Gasteiger partial charge < -0.3 is 10.6 Å². The average Bonchev–Trinajstić information content (AvgIpc) is 2.57. The van der Waals surface area contributed by atoms with E-state index >= 15 is 0 Å². The van der Waals surface area contributed by atoms with Gasteiger partial charge >= 0.3 is 0 Å². The maximum atomic E-state index is 13.1. The smallest absolute Gasteiger partial charge is 0.239 e. The Morgan fingerprint density at radius 1 is 1.09 bits per heavy atom. The van der Waals surface area contributed by atoms with E-state index in [1.165, 1.54) is 12.1 Å². The topological polar surface area (TPSA) is 49.6 Å². The first-order valence-corrected chi connectivity index (χ1v) is 8.66. The molecule has 2 fully saturated rings. The number of carbonyl (C=O) groups excluding carboxylic acids is 1. The van der Waals surface area contributed by atoms with Crippen LogP contribution in [0.15, 0.2) is 24.3 Å². The fourth-order valence-corrected chi connectivity index (χ4v) is 3.61. The molecule has 2 aliphatic heterocycles. The van der Waals surface area contributed by atoms with E-state index in [4.69, 9.17) is 5.73 Å². The van der Waals surface area contributed by atoms with Crippen molar-refractivity contribution in [2.75, 3.05) is 19.6 Å². The lowest BCUT2D eigenvalue weighted by Crippen LogP contribution is -2.53. The highest BCUT2D eigenvalue weighted by Crippen LogP contribution is 2.23. The first-order valence-electron chi connectivity index (χ1n) is 8.66. The zero-order valence-corrected chi connectivity index (χ0v) is 13.6. The normalized spacial score (nSPS) is 23.9. The summed E-state index contributed by atoms with van der Waals surface area (Å²) < 4.78 is 13.1. The van der Waals surface area contributed by atoms with Crippen LogP contribution in [0.2, 0.25) is 0 Å². The summed E-state index contributed by atoms with van der Waals surface area (Å²) >= 11 is 0. The number of nitrogens with zero attached hydrogens (tertiary/aromatic N) is 2. The molecule has 0 aromatic heterocycles. The highest BCUT2D eigenvalue weighted by molar-refractivity contribution is 5.82. The van der Waals surface area contributed by atoms with Crippen molar-refractivity contribution >= 4 is 5.91 Å². The summed E-state index contributed by atoms with van der Waals surface area (Å²) in [5, 5.41) is 0. The second-order valence-electron chi connectivity index (χ2n) is 6.77. The quantitative estimate of drug-likeness (QED) is 0.928. The van der Waals surface area contributed by atoms with Crippen molar-refractivity contribution in [3.05, 3.63) is 35.6 Å². The molecule has 1 aromatic carbocycles. The molecular formula is C18H26FN3O. The minimum atomic E-state index is -0.218. The number of rotatable bonds is 3. The number of halogens is 1. The summed E-state index contributed by atoms with van der Waals surface area (Å²) in [5.41, 5.74) is 7.00. The van der Waals surface area contributed by atoms with Gasteiger partial charge in [-0.15, -0.1) is 0 Å². The Morgan fingerprint density at radius 3 is 2.48 bits per heavy atom. The van der Waals surface area contributed by atoms with Crippen LogP contribution in [0, 0.1) is 5.82 Å². The summed E-state index contributed by atoms with van der Waals surface area (Å²) in [6.45, 7) is 3.20. The van der Waals surface area contributed by atoms with E-state index in [0.29, 0.717) is 6.54 Å². The van der Waals surface area contributed by atoms with Gasteiger partial charge in [0.15, 0.2) is 0 Å². The Kier molecular flexibility index (Phi) is 5.28. The molecule has 1 aromatic rings. The molecule has 2 N–H and O–H groups in total. The SMILES string of the molecule is NC1CCN(C(=O)[C@H]2CCCCN2Cc2ccc(F)cc2)CC1. The second-order valence-corrected chi connectivity index (χ2v) is 6.77. The summed E-state index contributed by atoms with van der Waals surface area (Å²) in [5.74, 6) is 0.0309. The lowest BCUT2D eigenvalue weighted by molar-refractivity contribution is -0.139. The van der Waals surface area contributed by atoms with Crippen molar-refractivity contribution in [3.8, 4) is 0 Å². The predicted octanol–water partition coefficient (Wildman–Crippen LogP) is 2.13. The molecule has 1 atom stereocenters. The Labute approximate surface area is 137 Å². The lowest BCUT2D eigenvalue weighted by atomic mass is 9.98. The molecule has 0 saturated carbocycles. The Morgan fingerprint density at radius 2 is 1.78 bits per heavy atom. The number of nitrogens with two attached hydrogens (primary N) is 1. The lowest BCUT2D eigenvalue weighted by Gasteiger charge is -2.39. The minimum absolute atomic E-state index is 0.0388. The largest absolute Gasteiger partial charge is 0.341 e. The van der Waals surface area contributed by atoms with Crippen LogP contribution in [-0.2, 0) is 11.3 Å². The monoisotopic (exact) mass is 319 g/mol. The number of benzene rings is 1. The van der Waals surface area contributed by atoms with Crippen LogP contribution in [0.1, 0.15) is 37.7 Å². The number of amides is 1. The number of hydrogen-bond acceptors (Lipinski definition) is 3. The Bertz CT molecular complexity index is 526. The van der Waals surface area contributed by atoms with E-state index in [0.717, 1.165) is 57.3 Å². The van der Waals surface area contributed by atoms with Crippen LogP contribution < -0.4 is 5.73 Å². The molecule has 0 bridgehead atoms. The molecule has 0 radical (unpaired) electrons. The highest BCUT2D eigenvalue weighted by atomic mass is 19.1. The Balaban J connectivity index is 1.65. The number of likely N-dealkylation sites (tertiary alicyclic amines) is 2. The zero-order valence-electron chi connectivity index (χ0n) is 13.6. The molecule has 23 heavy (non-hydrogen) atoms.